The van der Waals surface area contributed by atoms with Gasteiger partial charge >= 0.3 is 6.09 Å². The molecule has 1 N–H and O–H groups in total. The first-order chi connectivity index (χ1) is 8.46. The summed E-state index contributed by atoms with van der Waals surface area (Å²) in [6.45, 7) is 0.332. The highest BCUT2D eigenvalue weighted by Crippen LogP contribution is 2.28. The Bertz CT molecular complexity index is 585. The van der Waals surface area contributed by atoms with Crippen LogP contribution in [-0.4, -0.2) is 49.0 Å². The van der Waals surface area contributed by atoms with E-state index in [-0.39, 0.29) is 28.6 Å². The van der Waals surface area contributed by atoms with E-state index in [4.69, 9.17) is 16.3 Å². The molecule has 10 heteroatoms. The Labute approximate surface area is 112 Å². The van der Waals surface area contributed by atoms with E-state index in [0.717, 1.165) is 11.3 Å². The minimum Gasteiger partial charge on any atom is -0.443 e. The van der Waals surface area contributed by atoms with Crippen molar-refractivity contribution in [3.63, 3.8) is 0 Å². The zero-order chi connectivity index (χ0) is 12.9. The number of aromatic nitrogens is 1. The highest BCUT2D eigenvalue weighted by atomic mass is 35.5. The number of ether oxygens (including phenoxy) is 1. The third-order valence-corrected chi connectivity index (χ3v) is 6.20. The lowest BCUT2D eigenvalue weighted by Crippen LogP contribution is -2.35. The second-order valence-electron chi connectivity index (χ2n) is 3.95. The highest BCUT2D eigenvalue weighted by Gasteiger charge is 2.46. The fraction of sp³-hybridized carbons (Fsp3) is 0.500. The van der Waals surface area contributed by atoms with Gasteiger partial charge in [0.1, 0.15) is 11.3 Å². The summed E-state index contributed by atoms with van der Waals surface area (Å²) in [6.07, 6.45) is -0.929. The first-order valence-corrected chi connectivity index (χ1v) is 7.75. The van der Waals surface area contributed by atoms with Gasteiger partial charge in [-0.25, -0.2) is 18.2 Å². The zero-order valence-electron chi connectivity index (χ0n) is 8.87. The maximum atomic E-state index is 12.2. The minimum absolute atomic E-state index is 0.0428. The molecule has 3 rings (SSSR count). The van der Waals surface area contributed by atoms with Gasteiger partial charge in [-0.2, -0.15) is 4.31 Å². The van der Waals surface area contributed by atoms with Crippen molar-refractivity contribution in [3.05, 3.63) is 10.5 Å². The van der Waals surface area contributed by atoms with Crippen LogP contribution in [0.4, 0.5) is 4.79 Å². The van der Waals surface area contributed by atoms with E-state index in [1.807, 2.05) is 0 Å². The van der Waals surface area contributed by atoms with Crippen LogP contribution in [0.1, 0.15) is 0 Å². The van der Waals surface area contributed by atoms with Gasteiger partial charge in [-0.1, -0.05) is 11.6 Å². The first kappa shape index (κ1) is 12.2. The number of hydrogen-bond acceptors (Lipinski definition) is 6. The number of amides is 1. The molecule has 2 aliphatic rings. The van der Waals surface area contributed by atoms with Crippen LogP contribution in [0.25, 0.3) is 0 Å². The second kappa shape index (κ2) is 4.05. The quantitative estimate of drug-likeness (QED) is 0.847. The highest BCUT2D eigenvalue weighted by molar-refractivity contribution is 7.91. The largest absolute Gasteiger partial charge is 0.443 e. The molecular formula is C8H8ClN3O4S2. The predicted molar refractivity (Wildman–Crippen MR) is 63.1 cm³/mol. The molecule has 18 heavy (non-hydrogen) atoms. The van der Waals surface area contributed by atoms with Gasteiger partial charge in [0.15, 0.2) is 0 Å². The second-order valence-corrected chi connectivity index (χ2v) is 7.31. The lowest BCUT2D eigenvalue weighted by Gasteiger charge is -2.14. The summed E-state index contributed by atoms with van der Waals surface area (Å²) in [7, 11) is -3.65. The van der Waals surface area contributed by atoms with E-state index in [1.165, 1.54) is 9.69 Å². The van der Waals surface area contributed by atoms with Crippen molar-refractivity contribution < 1.29 is 17.9 Å². The summed E-state index contributed by atoms with van der Waals surface area (Å²) >= 11 is 6.59. The summed E-state index contributed by atoms with van der Waals surface area (Å²) in [6, 6.07) is -0.289. The van der Waals surface area contributed by atoms with Crippen LogP contribution in [-0.2, 0) is 14.8 Å². The standard InChI is InChI=1S/C8H8ClN3O4S2/c9-6-3-17-8(11-6)18(14,15)12-1-4-5(2-12)16-7(13)10-4/h3-5H,1-2H2,(H,10,13)/t4-,5+/m0/s1. The van der Waals surface area contributed by atoms with Crippen molar-refractivity contribution in [1.82, 2.24) is 14.6 Å². The van der Waals surface area contributed by atoms with Crippen molar-refractivity contribution in [2.75, 3.05) is 13.1 Å². The van der Waals surface area contributed by atoms with Gasteiger partial charge in [-0.05, 0) is 0 Å². The molecule has 0 radical (unpaired) electrons. The summed E-state index contributed by atoms with van der Waals surface area (Å²) in [4.78, 5) is 14.7. The number of hydrogen-bond donors (Lipinski definition) is 1. The van der Waals surface area contributed by atoms with Crippen LogP contribution in [0.3, 0.4) is 0 Å². The van der Waals surface area contributed by atoms with Gasteiger partial charge in [0.05, 0.1) is 12.6 Å². The molecule has 2 fully saturated rings. The van der Waals surface area contributed by atoms with Crippen molar-refractivity contribution in [3.8, 4) is 0 Å². The Morgan fingerprint density at radius 3 is 2.94 bits per heavy atom. The number of alkyl carbamates (subject to hydrolysis) is 1. The van der Waals surface area contributed by atoms with Crippen LogP contribution in [0.2, 0.25) is 5.15 Å². The molecule has 98 valence electrons. The molecule has 0 aliphatic carbocycles. The van der Waals surface area contributed by atoms with E-state index >= 15 is 0 Å². The van der Waals surface area contributed by atoms with Gasteiger partial charge in [0, 0.05) is 11.9 Å². The Morgan fingerprint density at radius 1 is 1.56 bits per heavy atom. The van der Waals surface area contributed by atoms with Crippen LogP contribution in [0.5, 0.6) is 0 Å². The van der Waals surface area contributed by atoms with E-state index in [1.54, 1.807) is 0 Å². The number of rotatable bonds is 2. The maximum Gasteiger partial charge on any atom is 0.407 e. The molecule has 1 aromatic rings. The molecule has 7 nitrogen and oxygen atoms in total. The number of nitrogens with zero attached hydrogens (tertiary/aromatic N) is 2. The predicted octanol–water partition coefficient (Wildman–Crippen LogP) is 0.278. The van der Waals surface area contributed by atoms with Crippen molar-refractivity contribution in [2.24, 2.45) is 0 Å². The lowest BCUT2D eigenvalue weighted by atomic mass is 10.2. The Kier molecular flexibility index (Phi) is 2.73. The molecular weight excluding hydrogens is 302 g/mol. The topological polar surface area (TPSA) is 88.6 Å². The maximum absolute atomic E-state index is 12.2. The fourth-order valence-electron chi connectivity index (χ4n) is 1.98. The molecule has 0 saturated carbocycles. The Hall–Kier alpha value is -0.900. The molecule has 1 aromatic heterocycles. The number of carbonyl (C=O) groups is 1. The zero-order valence-corrected chi connectivity index (χ0v) is 11.3. The molecule has 0 unspecified atom stereocenters. The Morgan fingerprint density at radius 2 is 2.33 bits per heavy atom. The van der Waals surface area contributed by atoms with Crippen molar-refractivity contribution in [1.29, 1.82) is 0 Å². The summed E-state index contributed by atoms with van der Waals surface area (Å²) in [5.41, 5.74) is 0. The van der Waals surface area contributed by atoms with Crippen molar-refractivity contribution >= 4 is 39.1 Å². The molecule has 2 atom stereocenters. The van der Waals surface area contributed by atoms with Crippen LogP contribution >= 0.6 is 22.9 Å². The third kappa shape index (κ3) is 1.87. The first-order valence-electron chi connectivity index (χ1n) is 5.05. The average molecular weight is 310 g/mol. The number of fused-ring (bicyclic) bond motifs is 1. The Balaban J connectivity index is 1.83. The van der Waals surface area contributed by atoms with E-state index in [9.17, 15) is 13.2 Å². The van der Waals surface area contributed by atoms with E-state index in [0.29, 0.717) is 0 Å². The summed E-state index contributed by atoms with van der Waals surface area (Å²) in [5, 5.41) is 4.18. The fourth-order valence-corrected chi connectivity index (χ4v) is 4.79. The molecule has 3 heterocycles. The molecule has 2 aliphatic heterocycles. The molecule has 0 aromatic carbocycles. The lowest BCUT2D eigenvalue weighted by molar-refractivity contribution is 0.138. The molecule has 0 spiro atoms. The monoisotopic (exact) mass is 309 g/mol. The summed E-state index contributed by atoms with van der Waals surface area (Å²) in [5.74, 6) is 0. The van der Waals surface area contributed by atoms with Crippen LogP contribution in [0.15, 0.2) is 9.72 Å². The van der Waals surface area contributed by atoms with Gasteiger partial charge in [0.25, 0.3) is 10.0 Å². The van der Waals surface area contributed by atoms with Gasteiger partial charge in [-0.3, -0.25) is 0 Å². The van der Waals surface area contributed by atoms with Gasteiger partial charge < -0.3 is 10.1 Å². The normalized spacial score (nSPS) is 27.9. The number of thiazole rings is 1. The molecule has 0 bridgehead atoms. The minimum atomic E-state index is -3.65. The van der Waals surface area contributed by atoms with Gasteiger partial charge in [0.2, 0.25) is 4.34 Å². The smallest absolute Gasteiger partial charge is 0.407 e. The number of carbonyl (C=O) groups excluding carboxylic acids is 1. The van der Waals surface area contributed by atoms with Gasteiger partial charge in [-0.15, -0.1) is 11.3 Å². The number of halogens is 1. The average Bonchev–Trinajstić information content (AvgIpc) is 2.91. The molecule has 2 saturated heterocycles. The number of nitrogens with one attached hydrogen (secondary N) is 1. The van der Waals surface area contributed by atoms with Crippen LogP contribution in [0, 0.1) is 0 Å². The van der Waals surface area contributed by atoms with E-state index < -0.39 is 22.2 Å². The SMILES string of the molecule is O=C1N[C@H]2CN(S(=O)(=O)c3nc(Cl)cs3)C[C@H]2O1. The van der Waals surface area contributed by atoms with Crippen LogP contribution < -0.4 is 5.32 Å². The number of sulfonamides is 1. The van der Waals surface area contributed by atoms with Crippen molar-refractivity contribution in [2.45, 2.75) is 16.5 Å². The van der Waals surface area contributed by atoms with E-state index in [2.05, 4.69) is 10.3 Å². The third-order valence-electron chi connectivity index (χ3n) is 2.81. The summed E-state index contributed by atoms with van der Waals surface area (Å²) < 4.78 is 30.6. The molecule has 1 amide bonds.